The van der Waals surface area contributed by atoms with E-state index in [-0.39, 0.29) is 6.04 Å². The summed E-state index contributed by atoms with van der Waals surface area (Å²) in [6.45, 7) is 0.830. The zero-order chi connectivity index (χ0) is 13.7. The van der Waals surface area contributed by atoms with Crippen molar-refractivity contribution in [1.82, 2.24) is 5.32 Å². The molecule has 0 bridgehead atoms. The average Bonchev–Trinajstić information content (AvgIpc) is 2.75. The van der Waals surface area contributed by atoms with Gasteiger partial charge in [-0.15, -0.1) is 11.8 Å². The van der Waals surface area contributed by atoms with Crippen molar-refractivity contribution in [2.75, 3.05) is 30.9 Å². The van der Waals surface area contributed by atoms with Crippen LogP contribution in [0.4, 0.5) is 0 Å². The van der Waals surface area contributed by atoms with E-state index in [1.54, 1.807) is 18.9 Å². The molecular formula is C13H19NO3S2. The van der Waals surface area contributed by atoms with Crippen LogP contribution < -0.4 is 10.1 Å². The van der Waals surface area contributed by atoms with Crippen LogP contribution in [0, 0.1) is 0 Å². The maximum absolute atomic E-state index is 11.3. The molecule has 1 aromatic carbocycles. The summed E-state index contributed by atoms with van der Waals surface area (Å²) < 4.78 is 27.7. The number of thioether (sulfide) groups is 1. The summed E-state index contributed by atoms with van der Waals surface area (Å²) in [5.41, 5.74) is 0. The predicted molar refractivity (Wildman–Crippen MR) is 78.8 cm³/mol. The molecule has 0 saturated carbocycles. The van der Waals surface area contributed by atoms with Crippen LogP contribution in [0.15, 0.2) is 29.2 Å². The van der Waals surface area contributed by atoms with Crippen molar-refractivity contribution in [2.45, 2.75) is 17.4 Å². The summed E-state index contributed by atoms with van der Waals surface area (Å²) in [6.07, 6.45) is 0.746. The maximum atomic E-state index is 11.3. The highest BCUT2D eigenvalue weighted by atomic mass is 32.2. The van der Waals surface area contributed by atoms with Gasteiger partial charge in [0.25, 0.3) is 0 Å². The maximum Gasteiger partial charge on any atom is 0.151 e. The van der Waals surface area contributed by atoms with Gasteiger partial charge in [0, 0.05) is 23.2 Å². The minimum atomic E-state index is -2.78. The first-order chi connectivity index (χ1) is 9.09. The predicted octanol–water partition coefficient (Wildman–Crippen LogP) is 1.56. The highest BCUT2D eigenvalue weighted by molar-refractivity contribution is 7.99. The van der Waals surface area contributed by atoms with Gasteiger partial charge in [0.2, 0.25) is 0 Å². The van der Waals surface area contributed by atoms with Gasteiger partial charge in [-0.1, -0.05) is 0 Å². The topological polar surface area (TPSA) is 55.4 Å². The van der Waals surface area contributed by atoms with Gasteiger partial charge in [-0.2, -0.15) is 0 Å². The number of benzene rings is 1. The third kappa shape index (κ3) is 4.71. The molecule has 19 heavy (non-hydrogen) atoms. The Kier molecular flexibility index (Phi) is 5.13. The lowest BCUT2D eigenvalue weighted by Gasteiger charge is -2.10. The van der Waals surface area contributed by atoms with Gasteiger partial charge < -0.3 is 10.1 Å². The van der Waals surface area contributed by atoms with Crippen molar-refractivity contribution in [3.63, 3.8) is 0 Å². The molecule has 1 aliphatic heterocycles. The van der Waals surface area contributed by atoms with Crippen molar-refractivity contribution in [3.8, 4) is 5.75 Å². The van der Waals surface area contributed by atoms with Gasteiger partial charge in [-0.05, 0) is 30.7 Å². The van der Waals surface area contributed by atoms with Crippen LogP contribution in [-0.2, 0) is 9.84 Å². The first-order valence-electron chi connectivity index (χ1n) is 6.30. The fraction of sp³-hybridized carbons (Fsp3) is 0.538. The van der Waals surface area contributed by atoms with Crippen LogP contribution in [0.2, 0.25) is 0 Å². The number of ether oxygens (including phenoxy) is 1. The highest BCUT2D eigenvalue weighted by Crippen LogP contribution is 2.21. The molecule has 1 aromatic rings. The van der Waals surface area contributed by atoms with Crippen molar-refractivity contribution < 1.29 is 13.2 Å². The number of nitrogens with one attached hydrogen (secondary N) is 1. The van der Waals surface area contributed by atoms with Crippen LogP contribution in [0.1, 0.15) is 6.42 Å². The molecule has 0 amide bonds. The fourth-order valence-corrected chi connectivity index (χ4v) is 4.55. The fourth-order valence-electron chi connectivity index (χ4n) is 2.06. The molecule has 6 heteroatoms. The van der Waals surface area contributed by atoms with E-state index in [9.17, 15) is 8.42 Å². The number of methoxy groups -OCH3 is 1. The molecule has 4 nitrogen and oxygen atoms in total. The molecule has 1 atom stereocenters. The van der Waals surface area contributed by atoms with Gasteiger partial charge >= 0.3 is 0 Å². The molecule has 1 N–H and O–H groups in total. The Labute approximate surface area is 118 Å². The summed E-state index contributed by atoms with van der Waals surface area (Å²) in [5.74, 6) is 2.41. The standard InChI is InChI=1S/C13H19NO3S2/c1-17-12-2-4-13(5-3-12)18-8-7-14-11-6-9-19(15,16)10-11/h2-5,11,14H,6-10H2,1H3. The summed E-state index contributed by atoms with van der Waals surface area (Å²) in [4.78, 5) is 1.20. The highest BCUT2D eigenvalue weighted by Gasteiger charge is 2.26. The van der Waals surface area contributed by atoms with E-state index in [1.165, 1.54) is 4.90 Å². The number of hydrogen-bond donors (Lipinski definition) is 1. The van der Waals surface area contributed by atoms with E-state index in [4.69, 9.17) is 4.74 Å². The van der Waals surface area contributed by atoms with Crippen LogP contribution in [0.3, 0.4) is 0 Å². The Morgan fingerprint density at radius 2 is 2.11 bits per heavy atom. The molecule has 1 heterocycles. The summed E-state index contributed by atoms with van der Waals surface area (Å²) >= 11 is 1.76. The first-order valence-corrected chi connectivity index (χ1v) is 9.10. The summed E-state index contributed by atoms with van der Waals surface area (Å²) in [7, 11) is -1.12. The molecule has 106 valence electrons. The number of hydrogen-bond acceptors (Lipinski definition) is 5. The SMILES string of the molecule is COc1ccc(SCCNC2CCS(=O)(=O)C2)cc1. The van der Waals surface area contributed by atoms with Gasteiger partial charge in [0.05, 0.1) is 18.6 Å². The zero-order valence-electron chi connectivity index (χ0n) is 11.0. The Hall–Kier alpha value is -0.720. The Morgan fingerprint density at radius 1 is 1.37 bits per heavy atom. The van der Waals surface area contributed by atoms with E-state index < -0.39 is 9.84 Å². The summed E-state index contributed by atoms with van der Waals surface area (Å²) in [5, 5.41) is 3.31. The number of sulfone groups is 1. The van der Waals surface area contributed by atoms with E-state index in [0.717, 1.165) is 24.5 Å². The second-order valence-electron chi connectivity index (χ2n) is 4.58. The second-order valence-corrected chi connectivity index (χ2v) is 7.98. The Bertz CT molecular complexity index is 499. The van der Waals surface area contributed by atoms with Crippen LogP contribution >= 0.6 is 11.8 Å². The lowest BCUT2D eigenvalue weighted by atomic mass is 10.3. The molecule has 1 unspecified atom stereocenters. The average molecular weight is 301 g/mol. The monoisotopic (exact) mass is 301 g/mol. The molecule has 0 spiro atoms. The van der Waals surface area contributed by atoms with Gasteiger partial charge in [-0.3, -0.25) is 0 Å². The lowest BCUT2D eigenvalue weighted by Crippen LogP contribution is -2.31. The molecule has 0 radical (unpaired) electrons. The van der Waals surface area contributed by atoms with Crippen LogP contribution in [0.5, 0.6) is 5.75 Å². The minimum Gasteiger partial charge on any atom is -0.497 e. The van der Waals surface area contributed by atoms with E-state index in [1.807, 2.05) is 24.3 Å². The van der Waals surface area contributed by atoms with Crippen LogP contribution in [0.25, 0.3) is 0 Å². The lowest BCUT2D eigenvalue weighted by molar-refractivity contribution is 0.414. The molecule has 1 aliphatic rings. The van der Waals surface area contributed by atoms with Crippen molar-refractivity contribution in [2.24, 2.45) is 0 Å². The van der Waals surface area contributed by atoms with Crippen molar-refractivity contribution in [1.29, 1.82) is 0 Å². The first kappa shape index (κ1) is 14.7. The van der Waals surface area contributed by atoms with Crippen molar-refractivity contribution in [3.05, 3.63) is 24.3 Å². The molecule has 0 aromatic heterocycles. The largest absolute Gasteiger partial charge is 0.497 e. The third-order valence-corrected chi connectivity index (χ3v) is 5.88. The second kappa shape index (κ2) is 6.63. The zero-order valence-corrected chi connectivity index (χ0v) is 12.6. The molecular weight excluding hydrogens is 282 g/mol. The number of rotatable bonds is 6. The summed E-state index contributed by atoms with van der Waals surface area (Å²) in [6, 6.07) is 8.09. The Balaban J connectivity index is 1.66. The van der Waals surface area contributed by atoms with Crippen molar-refractivity contribution >= 4 is 21.6 Å². The third-order valence-electron chi connectivity index (χ3n) is 3.10. The van der Waals surface area contributed by atoms with Crippen LogP contribution in [-0.4, -0.2) is 45.4 Å². The minimum absolute atomic E-state index is 0.140. The Morgan fingerprint density at radius 3 is 2.68 bits per heavy atom. The molecule has 0 aliphatic carbocycles. The van der Waals surface area contributed by atoms with Gasteiger partial charge in [-0.25, -0.2) is 8.42 Å². The molecule has 1 saturated heterocycles. The smallest absolute Gasteiger partial charge is 0.151 e. The van der Waals surface area contributed by atoms with E-state index in [2.05, 4.69) is 5.32 Å². The van der Waals surface area contributed by atoms with Gasteiger partial charge in [0.1, 0.15) is 5.75 Å². The van der Waals surface area contributed by atoms with Gasteiger partial charge in [0.15, 0.2) is 9.84 Å². The quantitative estimate of drug-likeness (QED) is 0.638. The van der Waals surface area contributed by atoms with E-state index >= 15 is 0 Å². The molecule has 2 rings (SSSR count). The molecule has 1 fully saturated rings. The normalized spacial score (nSPS) is 21.4. The van der Waals surface area contributed by atoms with E-state index in [0.29, 0.717) is 11.5 Å².